The van der Waals surface area contributed by atoms with Crippen LogP contribution in [0, 0.1) is 5.92 Å². The first kappa shape index (κ1) is 12.3. The van der Waals surface area contributed by atoms with Gasteiger partial charge in [-0.15, -0.1) is 0 Å². The fraction of sp³-hybridized carbons (Fsp3) is 0.538. The number of halogens is 2. The van der Waals surface area contributed by atoms with Crippen LogP contribution in [-0.4, -0.2) is 24.7 Å². The Morgan fingerprint density at radius 1 is 1.24 bits per heavy atom. The average Bonchev–Trinajstić information content (AvgIpc) is 2.30. The molecule has 1 aliphatic rings. The maximum absolute atomic E-state index is 13.2. The van der Waals surface area contributed by atoms with Gasteiger partial charge in [-0.05, 0) is 36.5 Å². The van der Waals surface area contributed by atoms with Gasteiger partial charge in [-0.2, -0.15) is 0 Å². The van der Waals surface area contributed by atoms with E-state index in [1.165, 1.54) is 12.1 Å². The standard InChI is InChI=1S/C13H16F2O2/c14-13(15)12(9-4-6-17-7-5-9)10-2-1-3-11(16)8-10/h1-3,8-9,12-13,16H,4-7H2. The molecular formula is C13H16F2O2. The number of alkyl halides is 2. The van der Waals surface area contributed by atoms with Gasteiger partial charge in [0.25, 0.3) is 0 Å². The van der Waals surface area contributed by atoms with Crippen LogP contribution in [0.2, 0.25) is 0 Å². The molecule has 0 bridgehead atoms. The summed E-state index contributed by atoms with van der Waals surface area (Å²) in [6, 6.07) is 6.20. The third-order valence-electron chi connectivity index (χ3n) is 3.30. The fourth-order valence-electron chi connectivity index (χ4n) is 2.43. The number of phenolic OH excluding ortho intramolecular Hbond substituents is 1. The Bertz CT molecular complexity index is 362. The number of aromatic hydroxyl groups is 1. The van der Waals surface area contributed by atoms with Gasteiger partial charge in [0.15, 0.2) is 0 Å². The van der Waals surface area contributed by atoms with Crippen LogP contribution in [0.3, 0.4) is 0 Å². The zero-order valence-corrected chi connectivity index (χ0v) is 9.48. The molecule has 0 aliphatic carbocycles. The van der Waals surface area contributed by atoms with E-state index in [0.717, 1.165) is 0 Å². The van der Waals surface area contributed by atoms with E-state index in [9.17, 15) is 13.9 Å². The summed E-state index contributed by atoms with van der Waals surface area (Å²) in [4.78, 5) is 0. The summed E-state index contributed by atoms with van der Waals surface area (Å²) >= 11 is 0. The number of benzene rings is 1. The minimum Gasteiger partial charge on any atom is -0.508 e. The van der Waals surface area contributed by atoms with Crippen LogP contribution >= 0.6 is 0 Å². The number of ether oxygens (including phenoxy) is 1. The molecule has 1 saturated heterocycles. The molecule has 0 aromatic heterocycles. The van der Waals surface area contributed by atoms with Crippen molar-refractivity contribution in [2.75, 3.05) is 13.2 Å². The van der Waals surface area contributed by atoms with Gasteiger partial charge in [0.2, 0.25) is 6.43 Å². The van der Waals surface area contributed by atoms with Crippen molar-refractivity contribution >= 4 is 0 Å². The number of rotatable bonds is 3. The molecule has 1 unspecified atom stereocenters. The van der Waals surface area contributed by atoms with E-state index in [-0.39, 0.29) is 11.7 Å². The summed E-state index contributed by atoms with van der Waals surface area (Å²) in [7, 11) is 0. The van der Waals surface area contributed by atoms with Crippen LogP contribution in [0.1, 0.15) is 24.3 Å². The summed E-state index contributed by atoms with van der Waals surface area (Å²) < 4.78 is 31.6. The third-order valence-corrected chi connectivity index (χ3v) is 3.30. The molecule has 94 valence electrons. The number of hydrogen-bond donors (Lipinski definition) is 1. The van der Waals surface area contributed by atoms with Gasteiger partial charge in [-0.1, -0.05) is 12.1 Å². The average molecular weight is 242 g/mol. The Hall–Kier alpha value is -1.16. The molecule has 0 amide bonds. The first-order valence-corrected chi connectivity index (χ1v) is 5.83. The molecule has 2 nitrogen and oxygen atoms in total. The molecule has 1 aliphatic heterocycles. The van der Waals surface area contributed by atoms with Crippen molar-refractivity contribution in [3.63, 3.8) is 0 Å². The number of hydrogen-bond acceptors (Lipinski definition) is 2. The Balaban J connectivity index is 2.21. The van der Waals surface area contributed by atoms with Crippen LogP contribution < -0.4 is 0 Å². The van der Waals surface area contributed by atoms with Gasteiger partial charge >= 0.3 is 0 Å². The van der Waals surface area contributed by atoms with E-state index in [1.54, 1.807) is 12.1 Å². The molecule has 0 radical (unpaired) electrons. The summed E-state index contributed by atoms with van der Waals surface area (Å²) in [6.07, 6.45) is -1.09. The van der Waals surface area contributed by atoms with Gasteiger partial charge in [0.05, 0.1) is 0 Å². The predicted octanol–water partition coefficient (Wildman–Crippen LogP) is 3.17. The summed E-state index contributed by atoms with van der Waals surface area (Å²) in [5, 5.41) is 9.37. The van der Waals surface area contributed by atoms with E-state index in [4.69, 9.17) is 4.74 Å². The largest absolute Gasteiger partial charge is 0.508 e. The Morgan fingerprint density at radius 2 is 1.94 bits per heavy atom. The highest BCUT2D eigenvalue weighted by Gasteiger charge is 2.32. The lowest BCUT2D eigenvalue weighted by Gasteiger charge is -2.30. The quantitative estimate of drug-likeness (QED) is 0.882. The van der Waals surface area contributed by atoms with Crippen LogP contribution in [0.5, 0.6) is 5.75 Å². The monoisotopic (exact) mass is 242 g/mol. The number of phenols is 1. The fourth-order valence-corrected chi connectivity index (χ4v) is 2.43. The molecule has 4 heteroatoms. The molecule has 0 spiro atoms. The van der Waals surface area contributed by atoms with Crippen LogP contribution in [0.15, 0.2) is 24.3 Å². The van der Waals surface area contributed by atoms with E-state index < -0.39 is 12.3 Å². The van der Waals surface area contributed by atoms with Crippen molar-refractivity contribution in [2.45, 2.75) is 25.2 Å². The van der Waals surface area contributed by atoms with E-state index in [0.29, 0.717) is 31.6 Å². The molecule has 1 heterocycles. The molecule has 1 fully saturated rings. The lowest BCUT2D eigenvalue weighted by Crippen LogP contribution is -2.26. The Labute approximate surface area is 99.2 Å². The maximum Gasteiger partial charge on any atom is 0.245 e. The lowest BCUT2D eigenvalue weighted by atomic mass is 9.81. The van der Waals surface area contributed by atoms with Crippen LogP contribution in [0.25, 0.3) is 0 Å². The SMILES string of the molecule is Oc1cccc(C(C(F)F)C2CCOCC2)c1. The first-order valence-electron chi connectivity index (χ1n) is 5.83. The van der Waals surface area contributed by atoms with Gasteiger partial charge in [0.1, 0.15) is 5.75 Å². The second-order valence-electron chi connectivity index (χ2n) is 4.41. The van der Waals surface area contributed by atoms with E-state index in [2.05, 4.69) is 0 Å². The maximum atomic E-state index is 13.2. The van der Waals surface area contributed by atoms with Crippen molar-refractivity contribution in [1.82, 2.24) is 0 Å². The van der Waals surface area contributed by atoms with Crippen LogP contribution in [0.4, 0.5) is 8.78 Å². The molecule has 1 aromatic carbocycles. The molecule has 17 heavy (non-hydrogen) atoms. The predicted molar refractivity (Wildman–Crippen MR) is 60.4 cm³/mol. The highest BCUT2D eigenvalue weighted by atomic mass is 19.3. The zero-order valence-electron chi connectivity index (χ0n) is 9.48. The molecule has 0 saturated carbocycles. The van der Waals surface area contributed by atoms with Gasteiger partial charge in [-0.3, -0.25) is 0 Å². The summed E-state index contributed by atoms with van der Waals surface area (Å²) in [5.41, 5.74) is 0.520. The van der Waals surface area contributed by atoms with Crippen LogP contribution in [-0.2, 0) is 4.74 Å². The van der Waals surface area contributed by atoms with Gasteiger partial charge < -0.3 is 9.84 Å². The topological polar surface area (TPSA) is 29.5 Å². The van der Waals surface area contributed by atoms with Crippen molar-refractivity contribution < 1.29 is 18.6 Å². The van der Waals surface area contributed by atoms with Gasteiger partial charge in [-0.25, -0.2) is 8.78 Å². The normalized spacial score (nSPS) is 19.5. The van der Waals surface area contributed by atoms with Gasteiger partial charge in [0, 0.05) is 19.1 Å². The smallest absolute Gasteiger partial charge is 0.245 e. The highest BCUT2D eigenvalue weighted by molar-refractivity contribution is 5.30. The van der Waals surface area contributed by atoms with E-state index in [1.807, 2.05) is 0 Å². The molecule has 2 rings (SSSR count). The minimum atomic E-state index is -2.40. The third kappa shape index (κ3) is 2.94. The second kappa shape index (κ2) is 5.45. The highest BCUT2D eigenvalue weighted by Crippen LogP contribution is 2.37. The lowest BCUT2D eigenvalue weighted by molar-refractivity contribution is 0.0186. The van der Waals surface area contributed by atoms with E-state index >= 15 is 0 Å². The molecule has 1 aromatic rings. The Morgan fingerprint density at radius 3 is 2.53 bits per heavy atom. The molecular weight excluding hydrogens is 226 g/mol. The summed E-state index contributed by atoms with van der Waals surface area (Å²) in [5.74, 6) is -0.822. The first-order chi connectivity index (χ1) is 8.18. The summed E-state index contributed by atoms with van der Waals surface area (Å²) in [6.45, 7) is 1.10. The molecule has 1 atom stereocenters. The molecule has 1 N–H and O–H groups in total. The second-order valence-corrected chi connectivity index (χ2v) is 4.41. The zero-order chi connectivity index (χ0) is 12.3. The van der Waals surface area contributed by atoms with Crippen molar-refractivity contribution in [2.24, 2.45) is 5.92 Å². The van der Waals surface area contributed by atoms with Crippen molar-refractivity contribution in [1.29, 1.82) is 0 Å². The van der Waals surface area contributed by atoms with Crippen molar-refractivity contribution in [3.8, 4) is 5.75 Å². The Kier molecular flexibility index (Phi) is 3.94. The minimum absolute atomic E-state index is 0.0419. The van der Waals surface area contributed by atoms with Crippen molar-refractivity contribution in [3.05, 3.63) is 29.8 Å².